The maximum atomic E-state index is 13.0. The van der Waals surface area contributed by atoms with Gasteiger partial charge in [0.2, 0.25) is 16.0 Å². The third-order valence-electron chi connectivity index (χ3n) is 6.74. The van der Waals surface area contributed by atoms with Crippen molar-refractivity contribution in [1.82, 2.24) is 18.8 Å². The van der Waals surface area contributed by atoms with Crippen LogP contribution < -0.4 is 10.9 Å². The normalized spacial score (nSPS) is 18.2. The van der Waals surface area contributed by atoms with Crippen LogP contribution in [0.4, 0.5) is 5.95 Å². The van der Waals surface area contributed by atoms with Crippen LogP contribution in [0.25, 0.3) is 11.0 Å². The van der Waals surface area contributed by atoms with E-state index in [1.807, 2.05) is 6.07 Å². The summed E-state index contributed by atoms with van der Waals surface area (Å²) in [7, 11) is -3.65. The highest BCUT2D eigenvalue weighted by molar-refractivity contribution is 7.89. The molecule has 3 aromatic rings. The van der Waals surface area contributed by atoms with Crippen molar-refractivity contribution in [2.45, 2.75) is 55.5 Å². The Morgan fingerprint density at radius 1 is 1.06 bits per heavy atom. The van der Waals surface area contributed by atoms with Crippen molar-refractivity contribution in [3.05, 3.63) is 58.5 Å². The number of fused-ring (bicyclic) bond motifs is 1. The zero-order valence-electron chi connectivity index (χ0n) is 18.7. The molecule has 5 rings (SSSR count). The van der Waals surface area contributed by atoms with Gasteiger partial charge in [0.15, 0.2) is 0 Å². The number of anilines is 1. The Hall–Kier alpha value is -3.29. The molecule has 2 aromatic heterocycles. The number of rotatable bonds is 5. The standard InChI is InChI=1S/C24H26N6O3S/c25-15-17-4-3-7-21(14-17)34(32,33)29-12-10-19(11-13-29)27-24-26-16-18-8-9-22(31)30(23(18)28-24)20-5-1-2-6-20/h3-4,7-9,14,16,19-20H,1-2,5-6,10-13H2,(H,26,27,28). The summed E-state index contributed by atoms with van der Waals surface area (Å²) in [6.45, 7) is 0.717. The van der Waals surface area contributed by atoms with Crippen LogP contribution in [0, 0.1) is 11.3 Å². The van der Waals surface area contributed by atoms with Crippen LogP contribution in [0.15, 0.2) is 52.3 Å². The van der Waals surface area contributed by atoms with E-state index >= 15 is 0 Å². The first-order chi connectivity index (χ1) is 16.5. The van der Waals surface area contributed by atoms with Gasteiger partial charge in [0.1, 0.15) is 5.65 Å². The molecular formula is C24H26N6O3S. The summed E-state index contributed by atoms with van der Waals surface area (Å²) in [5.74, 6) is 0.452. The Balaban J connectivity index is 1.31. The predicted octanol–water partition coefficient (Wildman–Crippen LogP) is 3.04. The Labute approximate surface area is 198 Å². The maximum Gasteiger partial charge on any atom is 0.252 e. The first-order valence-corrected chi connectivity index (χ1v) is 13.0. The molecule has 0 unspecified atom stereocenters. The van der Waals surface area contributed by atoms with Crippen molar-refractivity contribution in [1.29, 1.82) is 5.26 Å². The summed E-state index contributed by atoms with van der Waals surface area (Å²) in [4.78, 5) is 21.9. The van der Waals surface area contributed by atoms with Gasteiger partial charge in [0.05, 0.1) is 16.5 Å². The van der Waals surface area contributed by atoms with Crippen LogP contribution in [-0.4, -0.2) is 46.4 Å². The highest BCUT2D eigenvalue weighted by Crippen LogP contribution is 2.30. The van der Waals surface area contributed by atoms with E-state index in [9.17, 15) is 13.2 Å². The van der Waals surface area contributed by atoms with Crippen LogP contribution in [0.3, 0.4) is 0 Å². The molecule has 1 saturated heterocycles. The third-order valence-corrected chi connectivity index (χ3v) is 8.64. The lowest BCUT2D eigenvalue weighted by Crippen LogP contribution is -2.42. The fraction of sp³-hybridized carbons (Fsp3) is 0.417. The van der Waals surface area contributed by atoms with E-state index in [0.29, 0.717) is 43.1 Å². The number of aromatic nitrogens is 3. The predicted molar refractivity (Wildman–Crippen MR) is 128 cm³/mol. The fourth-order valence-electron chi connectivity index (χ4n) is 4.92. The van der Waals surface area contributed by atoms with Crippen LogP contribution in [0.5, 0.6) is 0 Å². The van der Waals surface area contributed by atoms with Gasteiger partial charge in [0.25, 0.3) is 5.56 Å². The second kappa shape index (κ2) is 9.16. The van der Waals surface area contributed by atoms with Crippen LogP contribution >= 0.6 is 0 Å². The van der Waals surface area contributed by atoms with Crippen LogP contribution in [0.1, 0.15) is 50.1 Å². The molecule has 3 heterocycles. The first-order valence-electron chi connectivity index (χ1n) is 11.6. The number of pyridine rings is 1. The average molecular weight is 479 g/mol. The summed E-state index contributed by atoms with van der Waals surface area (Å²) >= 11 is 0. The monoisotopic (exact) mass is 478 g/mol. The number of nitrogens with zero attached hydrogens (tertiary/aromatic N) is 5. The minimum Gasteiger partial charge on any atom is -0.351 e. The van der Waals surface area contributed by atoms with E-state index in [0.717, 1.165) is 31.1 Å². The smallest absolute Gasteiger partial charge is 0.252 e. The topological polar surface area (TPSA) is 121 Å². The zero-order chi connectivity index (χ0) is 23.7. The fourth-order valence-corrected chi connectivity index (χ4v) is 6.44. The minimum atomic E-state index is -3.65. The SMILES string of the molecule is N#Cc1cccc(S(=O)(=O)N2CCC(Nc3ncc4ccc(=O)n(C5CCCC5)c4n3)CC2)c1. The van der Waals surface area contributed by atoms with Crippen LogP contribution in [-0.2, 0) is 10.0 Å². The number of piperidine rings is 1. The van der Waals surface area contributed by atoms with Crippen LogP contribution in [0.2, 0.25) is 0 Å². The second-order valence-electron chi connectivity index (χ2n) is 8.91. The lowest BCUT2D eigenvalue weighted by atomic mass is 10.1. The van der Waals surface area contributed by atoms with E-state index in [2.05, 4.69) is 15.3 Å². The van der Waals surface area contributed by atoms with Crippen molar-refractivity contribution >= 4 is 27.0 Å². The number of nitriles is 1. The lowest BCUT2D eigenvalue weighted by Gasteiger charge is -2.31. The number of hydrogen-bond donors (Lipinski definition) is 1. The van der Waals surface area contributed by atoms with Crippen molar-refractivity contribution in [2.24, 2.45) is 0 Å². The number of hydrogen-bond acceptors (Lipinski definition) is 7. The zero-order valence-corrected chi connectivity index (χ0v) is 19.5. The van der Waals surface area contributed by atoms with E-state index in [4.69, 9.17) is 5.26 Å². The van der Waals surface area contributed by atoms with E-state index < -0.39 is 10.0 Å². The van der Waals surface area contributed by atoms with E-state index in [1.165, 1.54) is 16.4 Å². The van der Waals surface area contributed by atoms with Gasteiger partial charge >= 0.3 is 0 Å². The Kier molecular flexibility index (Phi) is 6.06. The van der Waals surface area contributed by atoms with Crippen molar-refractivity contribution in [2.75, 3.05) is 18.4 Å². The highest BCUT2D eigenvalue weighted by Gasteiger charge is 2.30. The summed E-state index contributed by atoms with van der Waals surface area (Å²) < 4.78 is 29.3. The quantitative estimate of drug-likeness (QED) is 0.598. The second-order valence-corrected chi connectivity index (χ2v) is 10.9. The summed E-state index contributed by atoms with van der Waals surface area (Å²) in [5, 5.41) is 13.2. The molecular weight excluding hydrogens is 452 g/mol. The van der Waals surface area contributed by atoms with Crippen molar-refractivity contribution in [3.63, 3.8) is 0 Å². The van der Waals surface area contributed by atoms with Gasteiger partial charge < -0.3 is 5.32 Å². The largest absolute Gasteiger partial charge is 0.351 e. The highest BCUT2D eigenvalue weighted by atomic mass is 32.2. The molecule has 1 aliphatic carbocycles. The first kappa shape index (κ1) is 22.5. The summed E-state index contributed by atoms with van der Waals surface area (Å²) in [6.07, 6.45) is 7.13. The van der Waals surface area contributed by atoms with Gasteiger partial charge in [-0.05, 0) is 49.9 Å². The summed E-state index contributed by atoms with van der Waals surface area (Å²) in [5.41, 5.74) is 0.930. The van der Waals surface area contributed by atoms with Gasteiger partial charge in [0, 0.05) is 42.8 Å². The van der Waals surface area contributed by atoms with E-state index in [-0.39, 0.29) is 22.5 Å². The molecule has 0 atom stereocenters. The molecule has 1 aromatic carbocycles. The number of sulfonamides is 1. The average Bonchev–Trinajstić information content (AvgIpc) is 3.38. The van der Waals surface area contributed by atoms with Crippen molar-refractivity contribution < 1.29 is 8.42 Å². The van der Waals surface area contributed by atoms with Gasteiger partial charge in [-0.15, -0.1) is 0 Å². The molecule has 0 radical (unpaired) electrons. The molecule has 1 N–H and O–H groups in total. The molecule has 1 saturated carbocycles. The van der Waals surface area contributed by atoms with Crippen molar-refractivity contribution in [3.8, 4) is 6.07 Å². The van der Waals surface area contributed by atoms with Gasteiger partial charge in [-0.2, -0.15) is 14.6 Å². The molecule has 1 aliphatic heterocycles. The summed E-state index contributed by atoms with van der Waals surface area (Å²) in [6, 6.07) is 11.6. The molecule has 176 valence electrons. The molecule has 0 bridgehead atoms. The molecule has 2 aliphatic rings. The maximum absolute atomic E-state index is 13.0. The molecule has 0 amide bonds. The Morgan fingerprint density at radius 2 is 1.82 bits per heavy atom. The Bertz CT molecular complexity index is 1410. The van der Waals surface area contributed by atoms with Gasteiger partial charge in [-0.25, -0.2) is 13.4 Å². The number of benzene rings is 1. The minimum absolute atomic E-state index is 0.0182. The molecule has 2 fully saturated rings. The number of nitrogens with one attached hydrogen (secondary N) is 1. The third kappa shape index (κ3) is 4.29. The van der Waals surface area contributed by atoms with E-state index in [1.54, 1.807) is 35.0 Å². The van der Waals surface area contributed by atoms with Gasteiger partial charge in [-0.3, -0.25) is 9.36 Å². The van der Waals surface area contributed by atoms with Gasteiger partial charge in [-0.1, -0.05) is 18.9 Å². The molecule has 10 heteroatoms. The Morgan fingerprint density at radius 3 is 2.56 bits per heavy atom. The molecule has 34 heavy (non-hydrogen) atoms. The molecule has 9 nitrogen and oxygen atoms in total. The lowest BCUT2D eigenvalue weighted by molar-refractivity contribution is 0.329. The molecule has 0 spiro atoms.